The zero-order chi connectivity index (χ0) is 18.6. The summed E-state index contributed by atoms with van der Waals surface area (Å²) in [4.78, 5) is 22.5. The Morgan fingerprint density at radius 3 is 2.24 bits per heavy atom. The maximum absolute atomic E-state index is 12.3. The molecule has 0 aromatic heterocycles. The lowest BCUT2D eigenvalue weighted by atomic mass is 9.86. The lowest BCUT2D eigenvalue weighted by Gasteiger charge is -2.19. The lowest BCUT2D eigenvalue weighted by Crippen LogP contribution is -2.14. The van der Waals surface area contributed by atoms with Crippen molar-refractivity contribution in [3.05, 3.63) is 63.7 Å². The van der Waals surface area contributed by atoms with Crippen LogP contribution in [0.25, 0.3) is 0 Å². The van der Waals surface area contributed by atoms with E-state index in [0.29, 0.717) is 5.56 Å². The van der Waals surface area contributed by atoms with Gasteiger partial charge in [0.1, 0.15) is 0 Å². The van der Waals surface area contributed by atoms with Crippen molar-refractivity contribution in [3.63, 3.8) is 0 Å². The highest BCUT2D eigenvalue weighted by atomic mass is 16.6. The van der Waals surface area contributed by atoms with Crippen LogP contribution in [0.1, 0.15) is 36.7 Å². The van der Waals surface area contributed by atoms with Crippen molar-refractivity contribution in [3.8, 4) is 11.5 Å². The van der Waals surface area contributed by atoms with Crippen molar-refractivity contribution in [2.24, 2.45) is 0 Å². The molecule has 2 aromatic rings. The first-order valence-electron chi connectivity index (χ1n) is 7.81. The number of carbonyl (C=O) groups excluding carboxylic acids is 1. The van der Waals surface area contributed by atoms with Crippen LogP contribution in [0, 0.1) is 10.1 Å². The van der Waals surface area contributed by atoms with Crippen molar-refractivity contribution < 1.29 is 19.2 Å². The van der Waals surface area contributed by atoms with E-state index in [9.17, 15) is 14.9 Å². The SMILES string of the molecule is COc1cc([N+](=O)[O-])ccc1OCC(=O)c1ccc(C(C)(C)C)cc1. The molecule has 0 aliphatic heterocycles. The quantitative estimate of drug-likeness (QED) is 0.447. The fourth-order valence-electron chi connectivity index (χ4n) is 2.27. The molecular formula is C19H21NO5. The van der Waals surface area contributed by atoms with Gasteiger partial charge < -0.3 is 9.47 Å². The van der Waals surface area contributed by atoms with Crippen LogP contribution in [0.15, 0.2) is 42.5 Å². The van der Waals surface area contributed by atoms with Gasteiger partial charge in [-0.1, -0.05) is 45.0 Å². The Morgan fingerprint density at radius 2 is 1.72 bits per heavy atom. The van der Waals surface area contributed by atoms with Gasteiger partial charge in [-0.05, 0) is 17.0 Å². The van der Waals surface area contributed by atoms with Crippen LogP contribution >= 0.6 is 0 Å². The van der Waals surface area contributed by atoms with E-state index in [-0.39, 0.29) is 35.0 Å². The standard InChI is InChI=1S/C19H21NO5/c1-19(2,3)14-7-5-13(6-8-14)16(21)12-25-17-10-9-15(20(22)23)11-18(17)24-4/h5-11H,12H2,1-4H3. The van der Waals surface area contributed by atoms with Gasteiger partial charge in [-0.3, -0.25) is 14.9 Å². The Bertz CT molecular complexity index is 775. The van der Waals surface area contributed by atoms with Crippen molar-refractivity contribution in [1.82, 2.24) is 0 Å². The smallest absolute Gasteiger partial charge is 0.273 e. The minimum atomic E-state index is -0.520. The highest BCUT2D eigenvalue weighted by Gasteiger charge is 2.16. The normalized spacial score (nSPS) is 11.0. The van der Waals surface area contributed by atoms with Crippen molar-refractivity contribution in [1.29, 1.82) is 0 Å². The minimum absolute atomic E-state index is 0.0181. The summed E-state index contributed by atoms with van der Waals surface area (Å²) in [5, 5.41) is 10.8. The van der Waals surface area contributed by atoms with E-state index in [1.165, 1.54) is 25.3 Å². The van der Waals surface area contributed by atoms with Crippen LogP contribution in [0.2, 0.25) is 0 Å². The molecule has 0 fully saturated rings. The first kappa shape index (κ1) is 18.4. The first-order valence-corrected chi connectivity index (χ1v) is 7.81. The van der Waals surface area contributed by atoms with Gasteiger partial charge in [-0.25, -0.2) is 0 Å². The first-order chi connectivity index (χ1) is 11.7. The van der Waals surface area contributed by atoms with Crippen LogP contribution in [-0.4, -0.2) is 24.4 Å². The summed E-state index contributed by atoms with van der Waals surface area (Å²) in [5.41, 5.74) is 1.61. The third kappa shape index (κ3) is 4.56. The molecule has 0 spiro atoms. The summed E-state index contributed by atoms with van der Waals surface area (Å²) >= 11 is 0. The largest absolute Gasteiger partial charge is 0.493 e. The molecule has 132 valence electrons. The molecule has 0 atom stereocenters. The highest BCUT2D eigenvalue weighted by molar-refractivity contribution is 5.97. The van der Waals surface area contributed by atoms with E-state index in [4.69, 9.17) is 9.47 Å². The Kier molecular flexibility index (Phi) is 5.41. The average Bonchev–Trinajstić information content (AvgIpc) is 2.58. The average molecular weight is 343 g/mol. The second-order valence-corrected chi connectivity index (χ2v) is 6.63. The predicted octanol–water partition coefficient (Wildman–Crippen LogP) is 4.16. The molecule has 2 aromatic carbocycles. The maximum Gasteiger partial charge on any atom is 0.273 e. The number of nitrogens with zero attached hydrogens (tertiary/aromatic N) is 1. The van der Waals surface area contributed by atoms with Crippen LogP contribution in [0.3, 0.4) is 0 Å². The van der Waals surface area contributed by atoms with Gasteiger partial charge in [0, 0.05) is 11.6 Å². The van der Waals surface area contributed by atoms with Gasteiger partial charge in [0.25, 0.3) is 5.69 Å². The van der Waals surface area contributed by atoms with Crippen molar-refractivity contribution >= 4 is 11.5 Å². The van der Waals surface area contributed by atoms with Crippen molar-refractivity contribution in [2.75, 3.05) is 13.7 Å². The zero-order valence-corrected chi connectivity index (χ0v) is 14.7. The number of ether oxygens (including phenoxy) is 2. The third-order valence-corrected chi connectivity index (χ3v) is 3.79. The number of nitro benzene ring substituents is 1. The van der Waals surface area contributed by atoms with Crippen LogP contribution in [0.5, 0.6) is 11.5 Å². The van der Waals surface area contributed by atoms with Crippen LogP contribution in [-0.2, 0) is 5.41 Å². The Labute approximate surface area is 146 Å². The predicted molar refractivity (Wildman–Crippen MR) is 94.6 cm³/mol. The van der Waals surface area contributed by atoms with Gasteiger partial charge in [-0.2, -0.15) is 0 Å². The minimum Gasteiger partial charge on any atom is -0.493 e. The molecule has 25 heavy (non-hydrogen) atoms. The fourth-order valence-corrected chi connectivity index (χ4v) is 2.27. The Balaban J connectivity index is 2.08. The number of rotatable bonds is 6. The number of hydrogen-bond acceptors (Lipinski definition) is 5. The number of benzene rings is 2. The molecule has 0 aliphatic rings. The monoisotopic (exact) mass is 343 g/mol. The molecule has 0 saturated heterocycles. The van der Waals surface area contributed by atoms with E-state index in [0.717, 1.165) is 5.56 Å². The zero-order valence-electron chi connectivity index (χ0n) is 14.7. The second kappa shape index (κ2) is 7.34. The number of Topliss-reactive ketones (excluding diaryl/α,β-unsaturated/α-hetero) is 1. The summed E-state index contributed by atoms with van der Waals surface area (Å²) in [7, 11) is 1.39. The summed E-state index contributed by atoms with van der Waals surface area (Å²) in [6, 6.07) is 11.4. The van der Waals surface area contributed by atoms with Crippen LogP contribution in [0.4, 0.5) is 5.69 Å². The van der Waals surface area contributed by atoms with E-state index in [1.807, 2.05) is 12.1 Å². The van der Waals surface area contributed by atoms with E-state index >= 15 is 0 Å². The number of methoxy groups -OCH3 is 1. The van der Waals surface area contributed by atoms with Crippen molar-refractivity contribution in [2.45, 2.75) is 26.2 Å². The second-order valence-electron chi connectivity index (χ2n) is 6.63. The van der Waals surface area contributed by atoms with Gasteiger partial charge in [-0.15, -0.1) is 0 Å². The van der Waals surface area contributed by atoms with E-state index < -0.39 is 4.92 Å². The molecule has 6 nitrogen and oxygen atoms in total. The number of non-ortho nitro benzene ring substituents is 1. The fraction of sp³-hybridized carbons (Fsp3) is 0.316. The maximum atomic E-state index is 12.3. The Morgan fingerprint density at radius 1 is 1.08 bits per heavy atom. The molecular weight excluding hydrogens is 322 g/mol. The van der Waals surface area contributed by atoms with E-state index in [1.54, 1.807) is 12.1 Å². The van der Waals surface area contributed by atoms with Gasteiger partial charge >= 0.3 is 0 Å². The molecule has 6 heteroatoms. The highest BCUT2D eigenvalue weighted by Crippen LogP contribution is 2.31. The van der Waals surface area contributed by atoms with Gasteiger partial charge in [0.15, 0.2) is 23.9 Å². The molecule has 0 amide bonds. The van der Waals surface area contributed by atoms with Gasteiger partial charge in [0.2, 0.25) is 0 Å². The third-order valence-electron chi connectivity index (χ3n) is 3.79. The van der Waals surface area contributed by atoms with Gasteiger partial charge in [0.05, 0.1) is 18.1 Å². The number of carbonyl (C=O) groups is 1. The lowest BCUT2D eigenvalue weighted by molar-refractivity contribution is -0.384. The molecule has 0 aliphatic carbocycles. The molecule has 0 bridgehead atoms. The molecule has 0 unspecified atom stereocenters. The summed E-state index contributed by atoms with van der Waals surface area (Å²) in [5.74, 6) is 0.318. The summed E-state index contributed by atoms with van der Waals surface area (Å²) in [6.45, 7) is 6.14. The number of nitro groups is 1. The van der Waals surface area contributed by atoms with Crippen LogP contribution < -0.4 is 9.47 Å². The Hall–Kier alpha value is -2.89. The summed E-state index contributed by atoms with van der Waals surface area (Å²) < 4.78 is 10.6. The summed E-state index contributed by atoms with van der Waals surface area (Å²) in [6.07, 6.45) is 0. The molecule has 0 N–H and O–H groups in total. The molecule has 2 rings (SSSR count). The molecule has 0 heterocycles. The number of hydrogen-bond donors (Lipinski definition) is 0. The molecule has 0 saturated carbocycles. The molecule has 0 radical (unpaired) electrons. The number of ketones is 1. The topological polar surface area (TPSA) is 78.7 Å². The van der Waals surface area contributed by atoms with E-state index in [2.05, 4.69) is 20.8 Å².